The maximum atomic E-state index is 8.81. The number of rotatable bonds is 9. The van der Waals surface area contributed by atoms with Gasteiger partial charge in [-0.15, -0.1) is 0 Å². The van der Waals surface area contributed by atoms with Crippen molar-refractivity contribution in [1.82, 2.24) is 0 Å². The smallest absolute Gasteiger partial charge is 0.161 e. The van der Waals surface area contributed by atoms with Crippen molar-refractivity contribution in [2.45, 2.75) is 25.5 Å². The van der Waals surface area contributed by atoms with E-state index in [9.17, 15) is 0 Å². The minimum atomic E-state index is 0.252. The first-order valence-corrected chi connectivity index (χ1v) is 7.40. The van der Waals surface area contributed by atoms with Crippen molar-refractivity contribution in [1.29, 1.82) is 0 Å². The molecule has 0 spiro atoms. The molecule has 0 amide bonds. The molecule has 1 atom stereocenters. The van der Waals surface area contributed by atoms with E-state index in [4.69, 9.17) is 14.6 Å². The van der Waals surface area contributed by atoms with Crippen LogP contribution >= 0.6 is 11.8 Å². The van der Waals surface area contributed by atoms with E-state index in [1.807, 2.05) is 43.0 Å². The number of aliphatic hydroxyl groups excluding tert-OH is 1. The molecule has 1 aromatic carbocycles. The van der Waals surface area contributed by atoms with E-state index < -0.39 is 0 Å². The summed E-state index contributed by atoms with van der Waals surface area (Å²) in [5, 5.41) is 9.28. The molecule has 1 N–H and O–H groups in total. The van der Waals surface area contributed by atoms with E-state index in [2.05, 4.69) is 6.92 Å². The Kier molecular flexibility index (Phi) is 7.69. The molecule has 0 aromatic heterocycles. The molecule has 1 unspecified atom stereocenters. The first-order chi connectivity index (χ1) is 8.77. The average Bonchev–Trinajstić information content (AvgIpc) is 2.37. The highest BCUT2D eigenvalue weighted by Crippen LogP contribution is 2.26. The molecular formula is C14H22O3S. The fourth-order valence-electron chi connectivity index (χ4n) is 1.51. The topological polar surface area (TPSA) is 38.7 Å². The molecule has 0 bridgehead atoms. The van der Waals surface area contributed by atoms with Crippen LogP contribution < -0.4 is 9.47 Å². The van der Waals surface area contributed by atoms with Crippen LogP contribution in [0, 0.1) is 0 Å². The zero-order chi connectivity index (χ0) is 13.2. The third kappa shape index (κ3) is 5.65. The van der Waals surface area contributed by atoms with Gasteiger partial charge in [0, 0.05) is 17.6 Å². The molecule has 0 aliphatic carbocycles. The van der Waals surface area contributed by atoms with Crippen molar-refractivity contribution in [3.8, 4) is 11.5 Å². The van der Waals surface area contributed by atoms with Gasteiger partial charge in [0.05, 0.1) is 13.2 Å². The van der Waals surface area contributed by atoms with Gasteiger partial charge in [0.15, 0.2) is 11.5 Å². The third-order valence-corrected chi connectivity index (χ3v) is 3.64. The van der Waals surface area contributed by atoms with Gasteiger partial charge in [-0.05, 0) is 25.5 Å². The first-order valence-electron chi connectivity index (χ1n) is 6.35. The van der Waals surface area contributed by atoms with Crippen molar-refractivity contribution in [2.24, 2.45) is 0 Å². The largest absolute Gasteiger partial charge is 0.490 e. The second-order valence-electron chi connectivity index (χ2n) is 3.92. The highest BCUT2D eigenvalue weighted by atomic mass is 32.2. The lowest BCUT2D eigenvalue weighted by Gasteiger charge is -2.13. The van der Waals surface area contributed by atoms with Gasteiger partial charge >= 0.3 is 0 Å². The van der Waals surface area contributed by atoms with Crippen LogP contribution in [0.3, 0.4) is 0 Å². The normalized spacial score (nSPS) is 12.2. The number of hydrogen-bond acceptors (Lipinski definition) is 4. The highest BCUT2D eigenvalue weighted by molar-refractivity contribution is 7.99. The fourth-order valence-corrected chi connectivity index (χ4v) is 2.36. The predicted octanol–water partition coefficient (Wildman–Crippen LogP) is 2.97. The average molecular weight is 270 g/mol. The maximum absolute atomic E-state index is 8.81. The maximum Gasteiger partial charge on any atom is 0.161 e. The van der Waals surface area contributed by atoms with E-state index in [0.717, 1.165) is 23.7 Å². The number of hydrogen-bond donors (Lipinski definition) is 1. The number of thioether (sulfide) groups is 1. The van der Waals surface area contributed by atoms with Gasteiger partial charge in [-0.1, -0.05) is 19.1 Å². The van der Waals surface area contributed by atoms with Crippen LogP contribution in [-0.2, 0) is 0 Å². The Labute approximate surface area is 113 Å². The molecule has 0 fully saturated rings. The first kappa shape index (κ1) is 15.2. The number of para-hydroxylation sites is 2. The summed E-state index contributed by atoms with van der Waals surface area (Å²) in [5.74, 6) is 2.52. The quantitative estimate of drug-likeness (QED) is 0.700. The van der Waals surface area contributed by atoms with Crippen LogP contribution in [0.1, 0.15) is 20.3 Å². The summed E-state index contributed by atoms with van der Waals surface area (Å²) in [6, 6.07) is 7.72. The summed E-state index contributed by atoms with van der Waals surface area (Å²) < 4.78 is 11.2. The molecule has 0 saturated heterocycles. The van der Waals surface area contributed by atoms with Crippen molar-refractivity contribution < 1.29 is 14.6 Å². The van der Waals surface area contributed by atoms with E-state index in [1.165, 1.54) is 0 Å². The zero-order valence-corrected chi connectivity index (χ0v) is 11.9. The molecule has 0 aliphatic rings. The number of ether oxygens (including phenoxy) is 2. The fraction of sp³-hybridized carbons (Fsp3) is 0.571. The van der Waals surface area contributed by atoms with Gasteiger partial charge in [0.25, 0.3) is 0 Å². The molecular weight excluding hydrogens is 248 g/mol. The second kappa shape index (κ2) is 9.11. The Morgan fingerprint density at radius 1 is 1.22 bits per heavy atom. The van der Waals surface area contributed by atoms with Gasteiger partial charge in [-0.3, -0.25) is 0 Å². The molecule has 1 aromatic rings. The molecule has 102 valence electrons. The van der Waals surface area contributed by atoms with E-state index in [1.54, 1.807) is 0 Å². The van der Waals surface area contributed by atoms with Crippen molar-refractivity contribution in [3.63, 3.8) is 0 Å². The second-order valence-corrected chi connectivity index (χ2v) is 5.47. The highest BCUT2D eigenvalue weighted by Gasteiger charge is 2.04. The van der Waals surface area contributed by atoms with Gasteiger partial charge in [0.2, 0.25) is 0 Å². The summed E-state index contributed by atoms with van der Waals surface area (Å²) in [5.41, 5.74) is 0. The van der Waals surface area contributed by atoms with E-state index in [0.29, 0.717) is 18.5 Å². The summed E-state index contributed by atoms with van der Waals surface area (Å²) in [4.78, 5) is 0. The van der Waals surface area contributed by atoms with E-state index >= 15 is 0 Å². The van der Waals surface area contributed by atoms with Crippen LogP contribution in [0.4, 0.5) is 0 Å². The summed E-state index contributed by atoms with van der Waals surface area (Å²) in [7, 11) is 0. The van der Waals surface area contributed by atoms with Crippen molar-refractivity contribution in [2.75, 3.05) is 25.6 Å². The minimum Gasteiger partial charge on any atom is -0.490 e. The lowest BCUT2D eigenvalue weighted by molar-refractivity contribution is 0.286. The Hall–Kier alpha value is -0.870. The summed E-state index contributed by atoms with van der Waals surface area (Å²) >= 11 is 1.81. The van der Waals surface area contributed by atoms with Gasteiger partial charge in [-0.2, -0.15) is 11.8 Å². The van der Waals surface area contributed by atoms with Crippen LogP contribution in [-0.4, -0.2) is 35.9 Å². The molecule has 1 rings (SSSR count). The Morgan fingerprint density at radius 3 is 2.50 bits per heavy atom. The van der Waals surface area contributed by atoms with E-state index in [-0.39, 0.29) is 6.61 Å². The Balaban J connectivity index is 2.30. The van der Waals surface area contributed by atoms with Crippen LogP contribution in [0.25, 0.3) is 0 Å². The zero-order valence-electron chi connectivity index (χ0n) is 11.1. The van der Waals surface area contributed by atoms with Gasteiger partial charge in [-0.25, -0.2) is 0 Å². The summed E-state index contributed by atoms with van der Waals surface area (Å²) in [6.45, 7) is 5.63. The molecule has 0 saturated carbocycles. The standard InChI is InChI=1S/C14H22O3S/c1-3-16-13-6-4-5-7-14(13)17-10-11-18-12(2)8-9-15/h4-7,12,15H,3,8-11H2,1-2H3. The Morgan fingerprint density at radius 2 is 1.89 bits per heavy atom. The molecule has 0 heterocycles. The SMILES string of the molecule is CCOc1ccccc1OCCSC(C)CCO. The molecule has 0 radical (unpaired) electrons. The van der Waals surface area contributed by atoms with Crippen LogP contribution in [0.2, 0.25) is 0 Å². The molecule has 3 nitrogen and oxygen atoms in total. The monoisotopic (exact) mass is 270 g/mol. The van der Waals surface area contributed by atoms with Crippen LogP contribution in [0.15, 0.2) is 24.3 Å². The number of benzene rings is 1. The van der Waals surface area contributed by atoms with Crippen molar-refractivity contribution >= 4 is 11.8 Å². The molecule has 4 heteroatoms. The third-order valence-electron chi connectivity index (χ3n) is 2.43. The Bertz CT molecular complexity index is 331. The van der Waals surface area contributed by atoms with Crippen LogP contribution in [0.5, 0.6) is 11.5 Å². The summed E-state index contributed by atoms with van der Waals surface area (Å²) in [6.07, 6.45) is 0.834. The van der Waals surface area contributed by atoms with Gasteiger partial charge < -0.3 is 14.6 Å². The molecule has 0 aliphatic heterocycles. The predicted molar refractivity (Wildman–Crippen MR) is 76.7 cm³/mol. The lowest BCUT2D eigenvalue weighted by Crippen LogP contribution is -2.07. The lowest BCUT2D eigenvalue weighted by atomic mass is 10.3. The van der Waals surface area contributed by atoms with Crippen molar-refractivity contribution in [3.05, 3.63) is 24.3 Å². The minimum absolute atomic E-state index is 0.252. The van der Waals surface area contributed by atoms with Gasteiger partial charge in [0.1, 0.15) is 0 Å². The molecule has 18 heavy (non-hydrogen) atoms. The number of aliphatic hydroxyl groups is 1.